The first-order chi connectivity index (χ1) is 21.4. The van der Waals surface area contributed by atoms with E-state index in [9.17, 15) is 9.59 Å². The molecule has 2 amide bonds. The highest BCUT2D eigenvalue weighted by molar-refractivity contribution is 5.99. The van der Waals surface area contributed by atoms with Gasteiger partial charge in [-0.05, 0) is 74.8 Å². The maximum atomic E-state index is 13.0. The number of amides is 2. The van der Waals surface area contributed by atoms with E-state index >= 15 is 0 Å². The van der Waals surface area contributed by atoms with Crippen molar-refractivity contribution < 1.29 is 23.8 Å². The number of anilines is 3. The summed E-state index contributed by atoms with van der Waals surface area (Å²) in [7, 11) is 3.45. The molecule has 3 aromatic rings. The summed E-state index contributed by atoms with van der Waals surface area (Å²) in [6.45, 7) is 7.50. The van der Waals surface area contributed by atoms with Crippen LogP contribution in [0.15, 0.2) is 67.4 Å². The van der Waals surface area contributed by atoms with Crippen LogP contribution in [0.1, 0.15) is 48.5 Å². The van der Waals surface area contributed by atoms with Crippen LogP contribution in [0.25, 0.3) is 5.57 Å². The summed E-state index contributed by atoms with van der Waals surface area (Å²) in [6, 6.07) is 12.3. The minimum atomic E-state index is -0.323. The zero-order chi connectivity index (χ0) is 31.3. The standard InChI is InChI=1S/C33H40N6O5/c1-5-8-24(13-16-34-3)37-31(41)23-11-12-28(29(19-23)42-4)38-33-35-21-27(22-14-17-43-18-15-22)32(39-33)44-26-10-7-9-25(20-26)36-30(40)6-2/h6-7,9-12,14,19-21,24,34H,2,5,8,13,15-18H2,1,3-4H3,(H,36,40)(H,37,41)(H,35,38,39). The summed E-state index contributed by atoms with van der Waals surface area (Å²) < 4.78 is 17.4. The van der Waals surface area contributed by atoms with Gasteiger partial charge in [0.1, 0.15) is 11.5 Å². The third kappa shape index (κ3) is 8.88. The Hall–Kier alpha value is -4.74. The molecule has 1 unspecified atom stereocenters. The minimum Gasteiger partial charge on any atom is -0.495 e. The van der Waals surface area contributed by atoms with Gasteiger partial charge >= 0.3 is 0 Å². The molecule has 1 aromatic heterocycles. The van der Waals surface area contributed by atoms with Gasteiger partial charge < -0.3 is 35.5 Å². The van der Waals surface area contributed by atoms with Crippen molar-refractivity contribution >= 4 is 34.7 Å². The van der Waals surface area contributed by atoms with Gasteiger partial charge in [-0.15, -0.1) is 0 Å². The van der Waals surface area contributed by atoms with Gasteiger partial charge in [-0.1, -0.05) is 32.1 Å². The molecular weight excluding hydrogens is 560 g/mol. The lowest BCUT2D eigenvalue weighted by Crippen LogP contribution is -2.36. The minimum absolute atomic E-state index is 0.0823. The molecule has 1 aliphatic heterocycles. The fourth-order valence-corrected chi connectivity index (χ4v) is 4.72. The Labute approximate surface area is 258 Å². The Morgan fingerprint density at radius 1 is 1.18 bits per heavy atom. The first kappa shape index (κ1) is 32.2. The van der Waals surface area contributed by atoms with E-state index in [4.69, 9.17) is 19.2 Å². The number of methoxy groups -OCH3 is 1. The van der Waals surface area contributed by atoms with E-state index in [0.29, 0.717) is 54.0 Å². The van der Waals surface area contributed by atoms with Crippen molar-refractivity contribution in [3.63, 3.8) is 0 Å². The maximum absolute atomic E-state index is 13.0. The Balaban J connectivity index is 1.58. The van der Waals surface area contributed by atoms with E-state index in [1.165, 1.54) is 6.08 Å². The number of benzene rings is 2. The van der Waals surface area contributed by atoms with Crippen molar-refractivity contribution in [3.8, 4) is 17.4 Å². The Morgan fingerprint density at radius 3 is 2.77 bits per heavy atom. The molecule has 11 nitrogen and oxygen atoms in total. The average Bonchev–Trinajstić information content (AvgIpc) is 3.04. The summed E-state index contributed by atoms with van der Waals surface area (Å²) >= 11 is 0. The molecule has 0 bridgehead atoms. The molecule has 2 aromatic carbocycles. The van der Waals surface area contributed by atoms with Gasteiger partial charge in [-0.3, -0.25) is 9.59 Å². The summed E-state index contributed by atoms with van der Waals surface area (Å²) in [4.78, 5) is 34.1. The van der Waals surface area contributed by atoms with Gasteiger partial charge in [0.05, 0.1) is 31.6 Å². The van der Waals surface area contributed by atoms with Crippen LogP contribution in [0.3, 0.4) is 0 Å². The van der Waals surface area contributed by atoms with Crippen LogP contribution >= 0.6 is 0 Å². The van der Waals surface area contributed by atoms with Crippen LogP contribution in [0.2, 0.25) is 0 Å². The second-order valence-corrected chi connectivity index (χ2v) is 10.2. The lowest BCUT2D eigenvalue weighted by molar-refractivity contribution is -0.111. The van der Waals surface area contributed by atoms with Gasteiger partial charge in [-0.25, -0.2) is 4.98 Å². The number of carbonyl (C=O) groups is 2. The highest BCUT2D eigenvalue weighted by Crippen LogP contribution is 2.34. The second kappa shape index (κ2) is 16.2. The summed E-state index contributed by atoms with van der Waals surface area (Å²) in [6.07, 6.45) is 8.31. The van der Waals surface area contributed by atoms with Crippen LogP contribution < -0.4 is 30.7 Å². The molecule has 0 saturated heterocycles. The lowest BCUT2D eigenvalue weighted by Gasteiger charge is -2.19. The summed E-state index contributed by atoms with van der Waals surface area (Å²) in [5.41, 5.74) is 3.38. The molecule has 44 heavy (non-hydrogen) atoms. The Kier molecular flexibility index (Phi) is 11.8. The Morgan fingerprint density at radius 2 is 2.05 bits per heavy atom. The quantitative estimate of drug-likeness (QED) is 0.168. The average molecular weight is 601 g/mol. The second-order valence-electron chi connectivity index (χ2n) is 10.2. The molecule has 0 radical (unpaired) electrons. The predicted molar refractivity (Wildman–Crippen MR) is 172 cm³/mol. The molecule has 0 spiro atoms. The van der Waals surface area contributed by atoms with Crippen molar-refractivity contribution in [1.29, 1.82) is 0 Å². The number of hydrogen-bond acceptors (Lipinski definition) is 9. The largest absolute Gasteiger partial charge is 0.495 e. The fourth-order valence-electron chi connectivity index (χ4n) is 4.72. The lowest BCUT2D eigenvalue weighted by atomic mass is 10.0. The van der Waals surface area contributed by atoms with Gasteiger partial charge in [0, 0.05) is 29.6 Å². The van der Waals surface area contributed by atoms with Crippen LogP contribution in [0, 0.1) is 0 Å². The van der Waals surface area contributed by atoms with Gasteiger partial charge in [0.25, 0.3) is 5.91 Å². The zero-order valence-corrected chi connectivity index (χ0v) is 25.4. The molecule has 0 aliphatic carbocycles. The van der Waals surface area contributed by atoms with Crippen LogP contribution in [-0.2, 0) is 9.53 Å². The Bertz CT molecular complexity index is 1490. The van der Waals surface area contributed by atoms with E-state index in [2.05, 4.69) is 39.8 Å². The van der Waals surface area contributed by atoms with E-state index in [1.54, 1.807) is 55.8 Å². The highest BCUT2D eigenvalue weighted by atomic mass is 16.5. The topological polar surface area (TPSA) is 136 Å². The van der Waals surface area contributed by atoms with Crippen molar-refractivity contribution in [2.45, 2.75) is 38.6 Å². The molecule has 4 rings (SSSR count). The summed E-state index contributed by atoms with van der Waals surface area (Å²) in [5, 5.41) is 12.2. The van der Waals surface area contributed by atoms with Crippen LogP contribution in [0.5, 0.6) is 17.4 Å². The molecule has 2 heterocycles. The van der Waals surface area contributed by atoms with Gasteiger partial charge in [0.2, 0.25) is 17.7 Å². The molecular formula is C33H40N6O5. The van der Waals surface area contributed by atoms with E-state index in [-0.39, 0.29) is 23.8 Å². The molecule has 232 valence electrons. The first-order valence-electron chi connectivity index (χ1n) is 14.7. The summed E-state index contributed by atoms with van der Waals surface area (Å²) in [5.74, 6) is 1.08. The zero-order valence-electron chi connectivity index (χ0n) is 25.4. The van der Waals surface area contributed by atoms with Gasteiger partial charge in [0.15, 0.2) is 0 Å². The smallest absolute Gasteiger partial charge is 0.251 e. The first-order valence-corrected chi connectivity index (χ1v) is 14.7. The molecule has 1 atom stereocenters. The van der Waals surface area contributed by atoms with E-state index in [1.807, 2.05) is 13.1 Å². The van der Waals surface area contributed by atoms with Crippen molar-refractivity contribution in [2.24, 2.45) is 0 Å². The number of aromatic nitrogens is 2. The fraction of sp³-hybridized carbons (Fsp3) is 0.333. The molecule has 11 heteroatoms. The van der Waals surface area contributed by atoms with E-state index in [0.717, 1.165) is 36.9 Å². The third-order valence-corrected chi connectivity index (χ3v) is 6.99. The normalized spacial score (nSPS) is 13.3. The number of hydrogen-bond donors (Lipinski definition) is 4. The molecule has 0 saturated carbocycles. The SMILES string of the molecule is C=CC(=O)Nc1cccc(Oc2nc(Nc3ccc(C(=O)NC(CCC)CCNC)cc3OC)ncc2C2=CCOCC2)c1. The van der Waals surface area contributed by atoms with E-state index < -0.39 is 0 Å². The third-order valence-electron chi connectivity index (χ3n) is 6.99. The number of nitrogens with zero attached hydrogens (tertiary/aromatic N) is 2. The molecule has 4 N–H and O–H groups in total. The maximum Gasteiger partial charge on any atom is 0.251 e. The number of rotatable bonds is 15. The van der Waals surface area contributed by atoms with Crippen LogP contribution in [0.4, 0.5) is 17.3 Å². The molecule has 1 aliphatic rings. The van der Waals surface area contributed by atoms with Gasteiger partial charge in [-0.2, -0.15) is 4.98 Å². The monoisotopic (exact) mass is 600 g/mol. The number of nitrogens with one attached hydrogen (secondary N) is 4. The molecule has 0 fully saturated rings. The predicted octanol–water partition coefficient (Wildman–Crippen LogP) is 5.46. The van der Waals surface area contributed by atoms with Crippen LogP contribution in [-0.4, -0.2) is 61.7 Å². The highest BCUT2D eigenvalue weighted by Gasteiger charge is 2.19. The van der Waals surface area contributed by atoms with Crippen molar-refractivity contribution in [1.82, 2.24) is 20.6 Å². The number of carbonyl (C=O) groups excluding carboxylic acids is 2. The number of ether oxygens (including phenoxy) is 3. The van der Waals surface area contributed by atoms with Crippen molar-refractivity contribution in [2.75, 3.05) is 44.5 Å². The van der Waals surface area contributed by atoms with Crippen molar-refractivity contribution in [3.05, 3.63) is 78.5 Å².